The first-order valence-corrected chi connectivity index (χ1v) is 9.20. The zero-order valence-corrected chi connectivity index (χ0v) is 14.9. The molecule has 5 nitrogen and oxygen atoms in total. The molecule has 1 aliphatic heterocycles. The molecule has 1 aromatic carbocycles. The maximum absolute atomic E-state index is 13.8. The molecule has 0 unspecified atom stereocenters. The Morgan fingerprint density at radius 1 is 1.11 bits per heavy atom. The van der Waals surface area contributed by atoms with E-state index < -0.39 is 0 Å². The third-order valence-electron chi connectivity index (χ3n) is 5.10. The van der Waals surface area contributed by atoms with E-state index in [9.17, 15) is 9.18 Å². The summed E-state index contributed by atoms with van der Waals surface area (Å²) < 4.78 is 13.8. The Morgan fingerprint density at radius 3 is 2.63 bits per heavy atom. The number of rotatable bonds is 4. The molecule has 0 atom stereocenters. The first-order valence-electron chi connectivity index (χ1n) is 9.20. The second-order valence-corrected chi connectivity index (χ2v) is 6.91. The number of aromatic nitrogens is 3. The Hall–Kier alpha value is -3.02. The number of H-pyrrole nitrogens is 1. The van der Waals surface area contributed by atoms with Crippen molar-refractivity contribution in [3.63, 3.8) is 0 Å². The first-order chi connectivity index (χ1) is 13.2. The van der Waals surface area contributed by atoms with Gasteiger partial charge in [-0.25, -0.2) is 4.39 Å². The highest BCUT2D eigenvalue weighted by atomic mass is 19.1. The van der Waals surface area contributed by atoms with Gasteiger partial charge in [0.15, 0.2) is 0 Å². The fraction of sp³-hybridized carbons (Fsp3) is 0.286. The van der Waals surface area contributed by atoms with E-state index >= 15 is 0 Å². The number of nitrogens with one attached hydrogen (secondary N) is 1. The smallest absolute Gasteiger partial charge is 0.271 e. The van der Waals surface area contributed by atoms with E-state index in [2.05, 4.69) is 15.2 Å². The molecule has 0 bridgehead atoms. The van der Waals surface area contributed by atoms with Gasteiger partial charge in [0.2, 0.25) is 0 Å². The lowest BCUT2D eigenvalue weighted by atomic mass is 9.90. The Balaban J connectivity index is 1.36. The highest BCUT2D eigenvalue weighted by Gasteiger charge is 2.25. The Kier molecular flexibility index (Phi) is 4.96. The predicted octanol–water partition coefficient (Wildman–Crippen LogP) is 3.71. The summed E-state index contributed by atoms with van der Waals surface area (Å²) in [5, 5.41) is 7.04. The van der Waals surface area contributed by atoms with Gasteiger partial charge in [-0.2, -0.15) is 5.10 Å². The lowest BCUT2D eigenvalue weighted by molar-refractivity contribution is 0.0684. The number of carbonyl (C=O) groups excluding carboxylic acids is 1. The number of amides is 1. The number of benzene rings is 1. The highest BCUT2D eigenvalue weighted by Crippen LogP contribution is 2.24. The molecule has 0 aliphatic carbocycles. The van der Waals surface area contributed by atoms with E-state index in [1.165, 1.54) is 6.07 Å². The van der Waals surface area contributed by atoms with E-state index in [1.807, 2.05) is 35.2 Å². The van der Waals surface area contributed by atoms with Crippen LogP contribution in [0.2, 0.25) is 0 Å². The van der Waals surface area contributed by atoms with E-state index in [4.69, 9.17) is 0 Å². The number of halogens is 1. The van der Waals surface area contributed by atoms with Gasteiger partial charge >= 0.3 is 0 Å². The fourth-order valence-corrected chi connectivity index (χ4v) is 3.56. The van der Waals surface area contributed by atoms with Gasteiger partial charge in [-0.15, -0.1) is 0 Å². The molecule has 1 amide bonds. The second kappa shape index (κ2) is 7.70. The molecule has 3 heterocycles. The van der Waals surface area contributed by atoms with E-state index in [0.29, 0.717) is 30.4 Å². The van der Waals surface area contributed by atoms with Crippen LogP contribution in [0.3, 0.4) is 0 Å². The Labute approximate surface area is 157 Å². The summed E-state index contributed by atoms with van der Waals surface area (Å²) in [5.74, 6) is 0.210. The van der Waals surface area contributed by atoms with Gasteiger partial charge < -0.3 is 4.90 Å². The van der Waals surface area contributed by atoms with Gasteiger partial charge in [-0.05, 0) is 55.0 Å². The summed E-state index contributed by atoms with van der Waals surface area (Å²) in [7, 11) is 0. The maximum atomic E-state index is 13.8. The summed E-state index contributed by atoms with van der Waals surface area (Å²) in [6, 6.07) is 14.3. The molecule has 1 N–H and O–H groups in total. The van der Waals surface area contributed by atoms with Gasteiger partial charge in [0.05, 0.1) is 5.69 Å². The molecule has 138 valence electrons. The normalized spacial score (nSPS) is 15.1. The van der Waals surface area contributed by atoms with Crippen LogP contribution in [0.15, 0.2) is 54.7 Å². The number of carbonyl (C=O) groups is 1. The molecule has 1 fully saturated rings. The first kappa shape index (κ1) is 17.4. The summed E-state index contributed by atoms with van der Waals surface area (Å²) in [4.78, 5) is 18.8. The Bertz CT molecular complexity index is 917. The van der Waals surface area contributed by atoms with E-state index in [-0.39, 0.29) is 11.7 Å². The molecule has 0 saturated carbocycles. The quantitative estimate of drug-likeness (QED) is 0.768. The van der Waals surface area contributed by atoms with E-state index in [0.717, 1.165) is 30.5 Å². The minimum absolute atomic E-state index is 0.0472. The van der Waals surface area contributed by atoms with Gasteiger partial charge in [0, 0.05) is 19.3 Å². The summed E-state index contributed by atoms with van der Waals surface area (Å²) in [6.07, 6.45) is 4.18. The van der Waals surface area contributed by atoms with Crippen LogP contribution in [0.25, 0.3) is 11.4 Å². The van der Waals surface area contributed by atoms with Crippen LogP contribution in [0.5, 0.6) is 0 Å². The number of piperidine rings is 1. The van der Waals surface area contributed by atoms with Crippen molar-refractivity contribution in [3.8, 4) is 11.4 Å². The van der Waals surface area contributed by atoms with Crippen molar-refractivity contribution in [2.75, 3.05) is 13.1 Å². The number of nitrogens with zero attached hydrogens (tertiary/aromatic N) is 3. The van der Waals surface area contributed by atoms with Crippen molar-refractivity contribution < 1.29 is 9.18 Å². The summed E-state index contributed by atoms with van der Waals surface area (Å²) in [5.41, 5.74) is 2.63. The van der Waals surface area contributed by atoms with Crippen LogP contribution >= 0.6 is 0 Å². The molecule has 1 aliphatic rings. The largest absolute Gasteiger partial charge is 0.337 e. The average Bonchev–Trinajstić information content (AvgIpc) is 3.21. The van der Waals surface area contributed by atoms with Crippen molar-refractivity contribution >= 4 is 5.91 Å². The van der Waals surface area contributed by atoms with Gasteiger partial charge in [0.25, 0.3) is 5.91 Å². The van der Waals surface area contributed by atoms with Crippen molar-refractivity contribution in [3.05, 3.63) is 71.8 Å². The molecular weight excluding hydrogens is 343 g/mol. The molecule has 27 heavy (non-hydrogen) atoms. The third-order valence-corrected chi connectivity index (χ3v) is 5.10. The molecular formula is C21H21FN4O. The van der Waals surface area contributed by atoms with Crippen LogP contribution in [-0.2, 0) is 6.42 Å². The zero-order valence-electron chi connectivity index (χ0n) is 14.9. The number of pyridine rings is 1. The van der Waals surface area contributed by atoms with Crippen molar-refractivity contribution in [2.45, 2.75) is 19.3 Å². The molecule has 6 heteroatoms. The van der Waals surface area contributed by atoms with Gasteiger partial charge in [-0.3, -0.25) is 14.9 Å². The standard InChI is InChI=1S/C21H21FN4O/c22-17-6-2-1-5-16(17)13-15-8-11-26(12-9-15)21(27)20-14-19(24-25-20)18-7-3-4-10-23-18/h1-7,10,14-15H,8-9,11-13H2,(H,24,25). The molecule has 0 radical (unpaired) electrons. The third kappa shape index (κ3) is 3.89. The monoisotopic (exact) mass is 364 g/mol. The second-order valence-electron chi connectivity index (χ2n) is 6.91. The minimum atomic E-state index is -0.143. The SMILES string of the molecule is O=C(c1cc(-c2ccccn2)n[nH]1)N1CCC(Cc2ccccc2F)CC1. The number of hydrogen-bond acceptors (Lipinski definition) is 3. The van der Waals surface area contributed by atoms with Crippen LogP contribution < -0.4 is 0 Å². The number of likely N-dealkylation sites (tertiary alicyclic amines) is 1. The number of hydrogen-bond donors (Lipinski definition) is 1. The fourth-order valence-electron chi connectivity index (χ4n) is 3.56. The van der Waals surface area contributed by atoms with Gasteiger partial charge in [-0.1, -0.05) is 24.3 Å². The van der Waals surface area contributed by atoms with Crippen LogP contribution in [-0.4, -0.2) is 39.1 Å². The lowest BCUT2D eigenvalue weighted by Crippen LogP contribution is -2.39. The minimum Gasteiger partial charge on any atom is -0.337 e. The Morgan fingerprint density at radius 2 is 1.89 bits per heavy atom. The van der Waals surface area contributed by atoms with Crippen LogP contribution in [0.1, 0.15) is 28.9 Å². The maximum Gasteiger partial charge on any atom is 0.271 e. The molecule has 2 aromatic heterocycles. The molecule has 4 rings (SSSR count). The number of aromatic amines is 1. The predicted molar refractivity (Wildman–Crippen MR) is 101 cm³/mol. The highest BCUT2D eigenvalue weighted by molar-refractivity contribution is 5.93. The van der Waals surface area contributed by atoms with Crippen LogP contribution in [0, 0.1) is 11.7 Å². The van der Waals surface area contributed by atoms with Crippen LogP contribution in [0.4, 0.5) is 4.39 Å². The zero-order chi connectivity index (χ0) is 18.6. The van der Waals surface area contributed by atoms with Crippen molar-refractivity contribution in [2.24, 2.45) is 5.92 Å². The lowest BCUT2D eigenvalue weighted by Gasteiger charge is -2.31. The molecule has 3 aromatic rings. The van der Waals surface area contributed by atoms with Crippen molar-refractivity contribution in [1.82, 2.24) is 20.1 Å². The topological polar surface area (TPSA) is 61.9 Å². The molecule has 1 saturated heterocycles. The van der Waals surface area contributed by atoms with Gasteiger partial charge in [0.1, 0.15) is 17.2 Å². The van der Waals surface area contributed by atoms with Crippen molar-refractivity contribution in [1.29, 1.82) is 0 Å². The average molecular weight is 364 g/mol. The molecule has 0 spiro atoms. The summed E-state index contributed by atoms with van der Waals surface area (Å²) >= 11 is 0. The van der Waals surface area contributed by atoms with E-state index in [1.54, 1.807) is 18.3 Å². The summed E-state index contributed by atoms with van der Waals surface area (Å²) in [6.45, 7) is 1.35.